The first kappa shape index (κ1) is 15.5. The fraction of sp³-hybridized carbons (Fsp3) is 0.375. The molecular formula is C16H19NO3S2. The molecule has 1 aromatic heterocycles. The molecule has 0 atom stereocenters. The molecule has 0 radical (unpaired) electrons. The van der Waals surface area contributed by atoms with Crippen molar-refractivity contribution in [1.29, 1.82) is 0 Å². The minimum Gasteiger partial charge on any atom is -0.497 e. The summed E-state index contributed by atoms with van der Waals surface area (Å²) in [6.45, 7) is 2.24. The largest absolute Gasteiger partial charge is 0.497 e. The zero-order valence-electron chi connectivity index (χ0n) is 12.6. The van der Waals surface area contributed by atoms with Gasteiger partial charge in [0.2, 0.25) is 10.0 Å². The Morgan fingerprint density at radius 2 is 2.09 bits per heavy atom. The summed E-state index contributed by atoms with van der Waals surface area (Å²) >= 11 is 1.70. The quantitative estimate of drug-likeness (QED) is 0.881. The Morgan fingerprint density at radius 3 is 2.64 bits per heavy atom. The van der Waals surface area contributed by atoms with E-state index in [2.05, 4.69) is 10.8 Å². The van der Waals surface area contributed by atoms with Crippen LogP contribution in [-0.2, 0) is 15.4 Å². The van der Waals surface area contributed by atoms with Crippen molar-refractivity contribution < 1.29 is 13.2 Å². The molecule has 1 fully saturated rings. The van der Waals surface area contributed by atoms with Crippen molar-refractivity contribution in [2.45, 2.75) is 30.1 Å². The molecule has 118 valence electrons. The molecule has 22 heavy (non-hydrogen) atoms. The van der Waals surface area contributed by atoms with Crippen LogP contribution in [0, 0.1) is 6.92 Å². The van der Waals surface area contributed by atoms with Crippen molar-refractivity contribution in [1.82, 2.24) is 4.72 Å². The minimum atomic E-state index is -3.50. The van der Waals surface area contributed by atoms with Crippen molar-refractivity contribution in [2.24, 2.45) is 0 Å². The molecule has 0 aliphatic heterocycles. The van der Waals surface area contributed by atoms with Gasteiger partial charge >= 0.3 is 0 Å². The summed E-state index contributed by atoms with van der Waals surface area (Å²) in [5.41, 5.74) is 0.689. The van der Waals surface area contributed by atoms with Gasteiger partial charge in [-0.2, -0.15) is 0 Å². The van der Waals surface area contributed by atoms with E-state index in [0.29, 0.717) is 22.8 Å². The van der Waals surface area contributed by atoms with Crippen molar-refractivity contribution >= 4 is 21.4 Å². The lowest BCUT2D eigenvalue weighted by Crippen LogP contribution is -2.32. The molecule has 1 saturated carbocycles. The molecule has 0 saturated heterocycles. The second kappa shape index (κ2) is 5.68. The Balaban J connectivity index is 1.77. The Labute approximate surface area is 135 Å². The zero-order valence-corrected chi connectivity index (χ0v) is 14.3. The van der Waals surface area contributed by atoms with E-state index in [0.717, 1.165) is 12.8 Å². The van der Waals surface area contributed by atoms with E-state index in [1.807, 2.05) is 11.4 Å². The maximum atomic E-state index is 12.5. The van der Waals surface area contributed by atoms with Gasteiger partial charge in [0.05, 0.1) is 12.0 Å². The predicted molar refractivity (Wildman–Crippen MR) is 88.2 cm³/mol. The minimum absolute atomic E-state index is 0.00160. The Hall–Kier alpha value is -1.37. The van der Waals surface area contributed by atoms with Crippen LogP contribution in [0.3, 0.4) is 0 Å². The van der Waals surface area contributed by atoms with Crippen LogP contribution in [0.1, 0.15) is 23.3 Å². The summed E-state index contributed by atoms with van der Waals surface area (Å²) < 4.78 is 33.0. The van der Waals surface area contributed by atoms with E-state index in [9.17, 15) is 8.42 Å². The molecule has 1 aromatic carbocycles. The fourth-order valence-electron chi connectivity index (χ4n) is 2.60. The summed E-state index contributed by atoms with van der Waals surface area (Å²) in [6.07, 6.45) is 2.08. The third-order valence-electron chi connectivity index (χ3n) is 4.17. The molecule has 2 aromatic rings. The maximum Gasteiger partial charge on any atom is 0.240 e. The number of ether oxygens (including phenoxy) is 1. The topological polar surface area (TPSA) is 55.4 Å². The molecule has 1 aliphatic carbocycles. The third-order valence-corrected chi connectivity index (χ3v) is 6.85. The second-order valence-electron chi connectivity index (χ2n) is 5.71. The van der Waals surface area contributed by atoms with Crippen LogP contribution in [0.5, 0.6) is 5.75 Å². The smallest absolute Gasteiger partial charge is 0.240 e. The van der Waals surface area contributed by atoms with E-state index in [-0.39, 0.29) is 5.41 Å². The molecule has 4 nitrogen and oxygen atoms in total. The molecule has 0 amide bonds. The van der Waals surface area contributed by atoms with Crippen molar-refractivity contribution in [3.8, 4) is 5.75 Å². The van der Waals surface area contributed by atoms with Gasteiger partial charge in [-0.25, -0.2) is 13.1 Å². The van der Waals surface area contributed by atoms with Crippen LogP contribution < -0.4 is 9.46 Å². The Kier molecular flexibility index (Phi) is 4.01. The number of methoxy groups -OCH3 is 1. The SMILES string of the molecule is COc1ccc(S(=O)(=O)NCC2(c3cccs3)CC2)c(C)c1. The monoisotopic (exact) mass is 337 g/mol. The number of hydrogen-bond acceptors (Lipinski definition) is 4. The first-order valence-corrected chi connectivity index (χ1v) is 9.51. The third kappa shape index (κ3) is 2.91. The first-order chi connectivity index (χ1) is 10.5. The van der Waals surface area contributed by atoms with Gasteiger partial charge in [-0.05, 0) is 55.0 Å². The Morgan fingerprint density at radius 1 is 1.32 bits per heavy atom. The number of sulfonamides is 1. The van der Waals surface area contributed by atoms with E-state index in [1.54, 1.807) is 43.6 Å². The molecule has 0 spiro atoms. The molecule has 3 rings (SSSR count). The summed E-state index contributed by atoms with van der Waals surface area (Å²) in [7, 11) is -1.93. The average Bonchev–Trinajstić information content (AvgIpc) is 3.08. The fourth-order valence-corrected chi connectivity index (χ4v) is 4.94. The lowest BCUT2D eigenvalue weighted by molar-refractivity contribution is 0.414. The number of aryl methyl sites for hydroxylation is 1. The van der Waals surface area contributed by atoms with Crippen LogP contribution >= 0.6 is 11.3 Å². The second-order valence-corrected chi connectivity index (χ2v) is 8.40. The molecule has 0 unspecified atom stereocenters. The van der Waals surface area contributed by atoms with E-state index < -0.39 is 10.0 Å². The van der Waals surface area contributed by atoms with Gasteiger partial charge in [0, 0.05) is 16.8 Å². The van der Waals surface area contributed by atoms with E-state index in [4.69, 9.17) is 4.74 Å². The van der Waals surface area contributed by atoms with E-state index >= 15 is 0 Å². The summed E-state index contributed by atoms with van der Waals surface area (Å²) in [4.78, 5) is 1.58. The lowest BCUT2D eigenvalue weighted by Gasteiger charge is -2.16. The Bertz CT molecular complexity index is 763. The van der Waals surface area contributed by atoms with Gasteiger partial charge < -0.3 is 4.74 Å². The number of nitrogens with one attached hydrogen (secondary N) is 1. The highest BCUT2D eigenvalue weighted by molar-refractivity contribution is 7.89. The van der Waals surface area contributed by atoms with Crippen LogP contribution in [0.2, 0.25) is 0 Å². The van der Waals surface area contributed by atoms with Gasteiger partial charge in [0.25, 0.3) is 0 Å². The maximum absolute atomic E-state index is 12.5. The summed E-state index contributed by atoms with van der Waals surface area (Å²) in [5, 5.41) is 2.04. The molecular weight excluding hydrogens is 318 g/mol. The van der Waals surface area contributed by atoms with Crippen molar-refractivity contribution in [2.75, 3.05) is 13.7 Å². The summed E-state index contributed by atoms with van der Waals surface area (Å²) in [6, 6.07) is 9.11. The van der Waals surface area contributed by atoms with Gasteiger partial charge in [-0.3, -0.25) is 0 Å². The lowest BCUT2D eigenvalue weighted by atomic mass is 10.1. The van der Waals surface area contributed by atoms with Crippen LogP contribution in [-0.4, -0.2) is 22.1 Å². The average molecular weight is 337 g/mol. The number of thiophene rings is 1. The predicted octanol–water partition coefficient (Wildman–Crippen LogP) is 3.08. The highest BCUT2D eigenvalue weighted by Gasteiger charge is 2.45. The highest BCUT2D eigenvalue weighted by atomic mass is 32.2. The van der Waals surface area contributed by atoms with Crippen LogP contribution in [0.4, 0.5) is 0 Å². The van der Waals surface area contributed by atoms with Crippen LogP contribution in [0.15, 0.2) is 40.6 Å². The molecule has 0 bridgehead atoms. The highest BCUT2D eigenvalue weighted by Crippen LogP contribution is 2.49. The summed E-state index contributed by atoms with van der Waals surface area (Å²) in [5.74, 6) is 0.661. The van der Waals surface area contributed by atoms with Gasteiger partial charge in [0.15, 0.2) is 0 Å². The van der Waals surface area contributed by atoms with Gasteiger partial charge in [-0.1, -0.05) is 6.07 Å². The first-order valence-electron chi connectivity index (χ1n) is 7.15. The van der Waals surface area contributed by atoms with Crippen molar-refractivity contribution in [3.05, 3.63) is 46.2 Å². The zero-order chi connectivity index (χ0) is 15.8. The van der Waals surface area contributed by atoms with E-state index in [1.165, 1.54) is 4.88 Å². The van der Waals surface area contributed by atoms with Gasteiger partial charge in [-0.15, -0.1) is 11.3 Å². The van der Waals surface area contributed by atoms with Gasteiger partial charge in [0.1, 0.15) is 5.75 Å². The number of hydrogen-bond donors (Lipinski definition) is 1. The molecule has 6 heteroatoms. The number of rotatable bonds is 6. The number of benzene rings is 1. The molecule has 1 aliphatic rings. The standard InChI is InChI=1S/C16H19NO3S2/c1-12-10-13(20-2)5-6-14(12)22(18,19)17-11-16(7-8-16)15-4-3-9-21-15/h3-6,9-10,17H,7-8,11H2,1-2H3. The molecule has 1 N–H and O–H groups in total. The van der Waals surface area contributed by atoms with Crippen LogP contribution in [0.25, 0.3) is 0 Å². The van der Waals surface area contributed by atoms with Crippen molar-refractivity contribution in [3.63, 3.8) is 0 Å². The molecule has 1 heterocycles. The normalized spacial score (nSPS) is 16.5.